The van der Waals surface area contributed by atoms with Gasteiger partial charge in [0.25, 0.3) is 5.91 Å². The zero-order valence-electron chi connectivity index (χ0n) is 13.9. The standard InChI is InChI=1S/C19H22N4O2/c20-19(25)22-16-8-4-7-15(11-16)18(24)21-17-9-10-23(13-17)12-14-5-2-1-3-6-14/h1-8,11,17H,9-10,12-13H2,(H,21,24)(H3,20,22,25)/t17-/m1/s1. The minimum Gasteiger partial charge on any atom is -0.351 e. The number of nitrogens with one attached hydrogen (secondary N) is 2. The maximum atomic E-state index is 12.4. The van der Waals surface area contributed by atoms with E-state index in [0.717, 1.165) is 26.1 Å². The second-order valence-electron chi connectivity index (χ2n) is 6.25. The van der Waals surface area contributed by atoms with E-state index in [-0.39, 0.29) is 11.9 Å². The van der Waals surface area contributed by atoms with Crippen LogP contribution in [0.5, 0.6) is 0 Å². The quantitative estimate of drug-likeness (QED) is 0.781. The third-order valence-corrected chi connectivity index (χ3v) is 4.25. The van der Waals surface area contributed by atoms with Gasteiger partial charge in [-0.2, -0.15) is 0 Å². The molecule has 25 heavy (non-hydrogen) atoms. The highest BCUT2D eigenvalue weighted by Crippen LogP contribution is 2.15. The van der Waals surface area contributed by atoms with Crippen molar-refractivity contribution in [1.29, 1.82) is 0 Å². The van der Waals surface area contributed by atoms with Crippen molar-refractivity contribution in [2.24, 2.45) is 5.73 Å². The first-order valence-corrected chi connectivity index (χ1v) is 8.34. The molecule has 0 aromatic heterocycles. The fourth-order valence-corrected chi connectivity index (χ4v) is 3.08. The summed E-state index contributed by atoms with van der Waals surface area (Å²) in [6.45, 7) is 2.69. The van der Waals surface area contributed by atoms with Crippen molar-refractivity contribution in [2.45, 2.75) is 19.0 Å². The Balaban J connectivity index is 1.54. The van der Waals surface area contributed by atoms with Gasteiger partial charge in [0.2, 0.25) is 0 Å². The maximum absolute atomic E-state index is 12.4. The predicted octanol–water partition coefficient (Wildman–Crippen LogP) is 2.18. The largest absolute Gasteiger partial charge is 0.351 e. The topological polar surface area (TPSA) is 87.5 Å². The molecular weight excluding hydrogens is 316 g/mol. The molecule has 0 bridgehead atoms. The second kappa shape index (κ2) is 7.81. The van der Waals surface area contributed by atoms with Crippen LogP contribution in [0.1, 0.15) is 22.3 Å². The van der Waals surface area contributed by atoms with Crippen LogP contribution >= 0.6 is 0 Å². The molecule has 3 amide bonds. The van der Waals surface area contributed by atoms with Crippen LogP contribution in [0.4, 0.5) is 10.5 Å². The average molecular weight is 338 g/mol. The Kier molecular flexibility index (Phi) is 5.30. The van der Waals surface area contributed by atoms with Crippen LogP contribution in [0.25, 0.3) is 0 Å². The highest BCUT2D eigenvalue weighted by molar-refractivity contribution is 5.96. The first-order valence-electron chi connectivity index (χ1n) is 8.34. The highest BCUT2D eigenvalue weighted by Gasteiger charge is 2.24. The highest BCUT2D eigenvalue weighted by atomic mass is 16.2. The van der Waals surface area contributed by atoms with Gasteiger partial charge in [0, 0.05) is 36.9 Å². The molecule has 1 aliphatic heterocycles. The minimum absolute atomic E-state index is 0.129. The molecule has 0 spiro atoms. The smallest absolute Gasteiger partial charge is 0.316 e. The van der Waals surface area contributed by atoms with Crippen molar-refractivity contribution >= 4 is 17.6 Å². The number of amides is 3. The molecule has 0 saturated carbocycles. The molecule has 1 aliphatic rings. The molecule has 2 aromatic carbocycles. The predicted molar refractivity (Wildman–Crippen MR) is 97.2 cm³/mol. The summed E-state index contributed by atoms with van der Waals surface area (Å²) in [5.74, 6) is -0.139. The molecule has 3 rings (SSSR count). The number of benzene rings is 2. The molecule has 6 heteroatoms. The molecule has 4 N–H and O–H groups in total. The van der Waals surface area contributed by atoms with Crippen molar-refractivity contribution in [3.05, 3.63) is 65.7 Å². The van der Waals surface area contributed by atoms with Crippen LogP contribution in [0.15, 0.2) is 54.6 Å². The molecule has 1 atom stereocenters. The number of carbonyl (C=O) groups excluding carboxylic acids is 2. The number of nitrogens with zero attached hydrogens (tertiary/aromatic N) is 1. The lowest BCUT2D eigenvalue weighted by molar-refractivity contribution is 0.0937. The lowest BCUT2D eigenvalue weighted by atomic mass is 10.1. The van der Waals surface area contributed by atoms with Gasteiger partial charge in [-0.15, -0.1) is 0 Å². The second-order valence-corrected chi connectivity index (χ2v) is 6.25. The Bertz CT molecular complexity index is 748. The molecular formula is C19H22N4O2. The maximum Gasteiger partial charge on any atom is 0.316 e. The van der Waals surface area contributed by atoms with Crippen molar-refractivity contribution in [2.75, 3.05) is 18.4 Å². The van der Waals surface area contributed by atoms with Crippen LogP contribution in [0.2, 0.25) is 0 Å². The Hall–Kier alpha value is -2.86. The first kappa shape index (κ1) is 17.0. The summed E-state index contributed by atoms with van der Waals surface area (Å²) in [7, 11) is 0. The van der Waals surface area contributed by atoms with Crippen molar-refractivity contribution in [3.8, 4) is 0 Å². The summed E-state index contributed by atoms with van der Waals surface area (Å²) in [4.78, 5) is 25.7. The summed E-state index contributed by atoms with van der Waals surface area (Å²) < 4.78 is 0. The summed E-state index contributed by atoms with van der Waals surface area (Å²) >= 11 is 0. The van der Waals surface area contributed by atoms with Gasteiger partial charge in [0.05, 0.1) is 0 Å². The SMILES string of the molecule is NC(=O)Nc1cccc(C(=O)N[C@@H]2CCN(Cc3ccccc3)C2)c1. The van der Waals surface area contributed by atoms with Crippen LogP contribution in [-0.4, -0.2) is 36.0 Å². The Morgan fingerprint density at radius 1 is 1.12 bits per heavy atom. The van der Waals surface area contributed by atoms with Crippen LogP contribution in [0.3, 0.4) is 0 Å². The van der Waals surface area contributed by atoms with Crippen LogP contribution in [0, 0.1) is 0 Å². The molecule has 1 heterocycles. The normalized spacial score (nSPS) is 17.2. The number of rotatable bonds is 5. The van der Waals surface area contributed by atoms with Gasteiger partial charge in [-0.1, -0.05) is 36.4 Å². The zero-order chi connectivity index (χ0) is 17.6. The van der Waals surface area contributed by atoms with E-state index in [1.807, 2.05) is 18.2 Å². The molecule has 2 aromatic rings. The van der Waals surface area contributed by atoms with Gasteiger partial charge in [-0.05, 0) is 30.2 Å². The number of hydrogen-bond acceptors (Lipinski definition) is 3. The van der Waals surface area contributed by atoms with Gasteiger partial charge in [-0.3, -0.25) is 9.69 Å². The van der Waals surface area contributed by atoms with Crippen LogP contribution < -0.4 is 16.4 Å². The third-order valence-electron chi connectivity index (χ3n) is 4.25. The number of anilines is 1. The minimum atomic E-state index is -0.648. The van der Waals surface area contributed by atoms with E-state index in [4.69, 9.17) is 5.73 Å². The van der Waals surface area contributed by atoms with Crippen molar-refractivity contribution in [3.63, 3.8) is 0 Å². The number of likely N-dealkylation sites (tertiary alicyclic amines) is 1. The summed E-state index contributed by atoms with van der Waals surface area (Å²) in [6.07, 6.45) is 0.928. The summed E-state index contributed by atoms with van der Waals surface area (Å²) in [6, 6.07) is 16.6. The monoisotopic (exact) mass is 338 g/mol. The molecule has 130 valence electrons. The van der Waals surface area contributed by atoms with E-state index in [9.17, 15) is 9.59 Å². The summed E-state index contributed by atoms with van der Waals surface area (Å²) in [5.41, 5.74) is 7.40. The van der Waals surface area contributed by atoms with Crippen LogP contribution in [-0.2, 0) is 6.54 Å². The van der Waals surface area contributed by atoms with Gasteiger partial charge in [0.15, 0.2) is 0 Å². The third kappa shape index (κ3) is 4.81. The number of nitrogens with two attached hydrogens (primary N) is 1. The number of primary amides is 1. The lowest BCUT2D eigenvalue weighted by Crippen LogP contribution is -2.37. The van der Waals surface area contributed by atoms with E-state index in [0.29, 0.717) is 11.3 Å². The Labute approximate surface area is 147 Å². The van der Waals surface area contributed by atoms with Crippen molar-refractivity contribution in [1.82, 2.24) is 10.2 Å². The van der Waals surface area contributed by atoms with E-state index < -0.39 is 6.03 Å². The Morgan fingerprint density at radius 3 is 2.68 bits per heavy atom. The zero-order valence-corrected chi connectivity index (χ0v) is 13.9. The van der Waals surface area contributed by atoms with Gasteiger partial charge in [0.1, 0.15) is 0 Å². The molecule has 0 radical (unpaired) electrons. The van der Waals surface area contributed by atoms with Gasteiger partial charge in [-0.25, -0.2) is 4.79 Å². The average Bonchev–Trinajstić information content (AvgIpc) is 3.02. The van der Waals surface area contributed by atoms with Gasteiger partial charge < -0.3 is 16.4 Å². The molecule has 0 unspecified atom stereocenters. The van der Waals surface area contributed by atoms with E-state index >= 15 is 0 Å². The molecule has 0 aliphatic carbocycles. The fraction of sp³-hybridized carbons (Fsp3) is 0.263. The van der Waals surface area contributed by atoms with Crippen molar-refractivity contribution < 1.29 is 9.59 Å². The van der Waals surface area contributed by atoms with E-state index in [2.05, 4.69) is 27.7 Å². The molecule has 1 saturated heterocycles. The first-order chi connectivity index (χ1) is 12.1. The number of urea groups is 1. The van der Waals surface area contributed by atoms with Gasteiger partial charge >= 0.3 is 6.03 Å². The lowest BCUT2D eigenvalue weighted by Gasteiger charge is -2.17. The van der Waals surface area contributed by atoms with E-state index in [1.165, 1.54) is 5.56 Å². The number of hydrogen-bond donors (Lipinski definition) is 3. The fourth-order valence-electron chi connectivity index (χ4n) is 3.08. The number of carbonyl (C=O) groups is 2. The molecule has 6 nitrogen and oxygen atoms in total. The molecule has 1 fully saturated rings. The van der Waals surface area contributed by atoms with E-state index in [1.54, 1.807) is 24.3 Å². The Morgan fingerprint density at radius 2 is 1.92 bits per heavy atom. The summed E-state index contributed by atoms with van der Waals surface area (Å²) in [5, 5.41) is 5.55.